The summed E-state index contributed by atoms with van der Waals surface area (Å²) in [5.74, 6) is 1.46. The summed E-state index contributed by atoms with van der Waals surface area (Å²) in [4.78, 5) is 0. The van der Waals surface area contributed by atoms with E-state index in [-0.39, 0.29) is 5.82 Å². The quantitative estimate of drug-likeness (QED) is 0.820. The highest BCUT2D eigenvalue weighted by molar-refractivity contribution is 6.31. The number of halogens is 2. The molecule has 0 saturated heterocycles. The zero-order valence-corrected chi connectivity index (χ0v) is 12.3. The molecule has 1 aromatic carbocycles. The summed E-state index contributed by atoms with van der Waals surface area (Å²) in [6, 6.07) is 4.86. The van der Waals surface area contributed by atoms with Gasteiger partial charge in [0.1, 0.15) is 5.82 Å². The molecular weight excluding hydrogens is 261 g/mol. The first kappa shape index (κ1) is 14.8. The van der Waals surface area contributed by atoms with Crippen molar-refractivity contribution in [3.05, 3.63) is 34.6 Å². The van der Waals surface area contributed by atoms with Crippen molar-refractivity contribution in [2.24, 2.45) is 11.8 Å². The second-order valence-corrected chi connectivity index (χ2v) is 6.03. The van der Waals surface area contributed by atoms with Gasteiger partial charge >= 0.3 is 0 Å². The van der Waals surface area contributed by atoms with E-state index in [4.69, 9.17) is 11.6 Å². The first-order valence-electron chi connectivity index (χ1n) is 7.34. The topological polar surface area (TPSA) is 12.0 Å². The van der Waals surface area contributed by atoms with Gasteiger partial charge in [0, 0.05) is 17.1 Å². The third-order valence-electron chi connectivity index (χ3n) is 4.34. The first-order valence-corrected chi connectivity index (χ1v) is 7.72. The normalized spacial score (nSPS) is 23.5. The molecule has 1 aromatic rings. The fraction of sp³-hybridized carbons (Fsp3) is 0.625. The molecule has 0 radical (unpaired) electrons. The lowest BCUT2D eigenvalue weighted by Gasteiger charge is -2.28. The van der Waals surface area contributed by atoms with E-state index in [2.05, 4.69) is 12.2 Å². The van der Waals surface area contributed by atoms with Crippen LogP contribution < -0.4 is 5.32 Å². The Kier molecular flexibility index (Phi) is 5.65. The van der Waals surface area contributed by atoms with Gasteiger partial charge in [0.05, 0.1) is 0 Å². The van der Waals surface area contributed by atoms with Crippen molar-refractivity contribution in [3.63, 3.8) is 0 Å². The van der Waals surface area contributed by atoms with Gasteiger partial charge in [0.2, 0.25) is 0 Å². The zero-order valence-electron chi connectivity index (χ0n) is 11.6. The van der Waals surface area contributed by atoms with Crippen LogP contribution in [-0.2, 0) is 6.54 Å². The van der Waals surface area contributed by atoms with Crippen molar-refractivity contribution >= 4 is 11.6 Å². The van der Waals surface area contributed by atoms with Gasteiger partial charge in [-0.3, -0.25) is 0 Å². The van der Waals surface area contributed by atoms with Gasteiger partial charge in [0.15, 0.2) is 0 Å². The molecule has 1 saturated carbocycles. The first-order chi connectivity index (χ1) is 9.20. The maximum atomic E-state index is 13.6. The maximum absolute atomic E-state index is 13.6. The van der Waals surface area contributed by atoms with Crippen LogP contribution in [0.25, 0.3) is 0 Å². The lowest BCUT2D eigenvalue weighted by molar-refractivity contribution is 0.262. The molecule has 106 valence electrons. The molecule has 1 N–H and O–H groups in total. The van der Waals surface area contributed by atoms with Gasteiger partial charge in [-0.2, -0.15) is 0 Å². The molecule has 1 aliphatic rings. The van der Waals surface area contributed by atoms with Gasteiger partial charge in [-0.05, 0) is 43.4 Å². The van der Waals surface area contributed by atoms with Gasteiger partial charge in [0.25, 0.3) is 0 Å². The third kappa shape index (κ3) is 4.19. The van der Waals surface area contributed by atoms with Crippen LogP contribution >= 0.6 is 11.6 Å². The van der Waals surface area contributed by atoms with E-state index < -0.39 is 0 Å². The molecule has 3 heteroatoms. The predicted molar refractivity (Wildman–Crippen MR) is 78.9 cm³/mol. The lowest BCUT2D eigenvalue weighted by atomic mass is 9.81. The van der Waals surface area contributed by atoms with Gasteiger partial charge in [-0.25, -0.2) is 4.39 Å². The summed E-state index contributed by atoms with van der Waals surface area (Å²) in [6.45, 7) is 3.78. The van der Waals surface area contributed by atoms with E-state index in [0.29, 0.717) is 17.1 Å². The number of hydrogen-bond acceptors (Lipinski definition) is 1. The van der Waals surface area contributed by atoms with Crippen LogP contribution in [0.1, 0.15) is 44.6 Å². The van der Waals surface area contributed by atoms with Crippen LogP contribution in [0.2, 0.25) is 5.02 Å². The van der Waals surface area contributed by atoms with E-state index in [1.807, 2.05) is 0 Å². The minimum Gasteiger partial charge on any atom is -0.312 e. The molecule has 0 aromatic heterocycles. The van der Waals surface area contributed by atoms with Gasteiger partial charge in [-0.1, -0.05) is 43.9 Å². The lowest BCUT2D eigenvalue weighted by Crippen LogP contribution is -2.26. The molecule has 0 atom stereocenters. The summed E-state index contributed by atoms with van der Waals surface area (Å²) in [6.07, 6.45) is 6.62. The molecule has 0 amide bonds. The highest BCUT2D eigenvalue weighted by Gasteiger charge is 2.19. The van der Waals surface area contributed by atoms with Crippen LogP contribution in [0, 0.1) is 17.7 Å². The Balaban J connectivity index is 1.75. The summed E-state index contributed by atoms with van der Waals surface area (Å²) >= 11 is 6.01. The smallest absolute Gasteiger partial charge is 0.129 e. The van der Waals surface area contributed by atoms with Crippen LogP contribution in [0.15, 0.2) is 18.2 Å². The van der Waals surface area contributed by atoms with Crippen LogP contribution in [-0.4, -0.2) is 6.54 Å². The zero-order chi connectivity index (χ0) is 13.7. The molecule has 0 bridgehead atoms. The Morgan fingerprint density at radius 2 is 1.89 bits per heavy atom. The molecule has 1 fully saturated rings. The SMILES string of the molecule is CCC1CCC(CNCc2c(F)cccc2Cl)CC1. The molecule has 19 heavy (non-hydrogen) atoms. The summed E-state index contributed by atoms with van der Waals surface area (Å²) in [5, 5.41) is 3.88. The minimum atomic E-state index is -0.213. The number of rotatable bonds is 5. The standard InChI is InChI=1S/C16H23ClFN/c1-2-12-6-8-13(9-7-12)10-19-11-14-15(17)4-3-5-16(14)18/h3-5,12-13,19H,2,6-11H2,1H3. The number of benzene rings is 1. The fourth-order valence-corrected chi connectivity index (χ4v) is 3.18. The molecule has 1 aliphatic carbocycles. The minimum absolute atomic E-state index is 0.213. The Labute approximate surface area is 120 Å². The Morgan fingerprint density at radius 3 is 2.53 bits per heavy atom. The largest absolute Gasteiger partial charge is 0.312 e. The van der Waals surface area contributed by atoms with Crippen molar-refractivity contribution in [1.29, 1.82) is 0 Å². The van der Waals surface area contributed by atoms with E-state index in [1.54, 1.807) is 12.1 Å². The molecule has 0 unspecified atom stereocenters. The fourth-order valence-electron chi connectivity index (χ4n) is 2.95. The second-order valence-electron chi connectivity index (χ2n) is 5.63. The number of nitrogens with one attached hydrogen (secondary N) is 1. The highest BCUT2D eigenvalue weighted by atomic mass is 35.5. The van der Waals surface area contributed by atoms with Crippen LogP contribution in [0.4, 0.5) is 4.39 Å². The van der Waals surface area contributed by atoms with Crippen LogP contribution in [0.3, 0.4) is 0 Å². The van der Waals surface area contributed by atoms with E-state index >= 15 is 0 Å². The van der Waals surface area contributed by atoms with E-state index in [1.165, 1.54) is 38.2 Å². The van der Waals surface area contributed by atoms with Gasteiger partial charge < -0.3 is 5.32 Å². The van der Waals surface area contributed by atoms with Crippen molar-refractivity contribution < 1.29 is 4.39 Å². The van der Waals surface area contributed by atoms with Crippen molar-refractivity contribution in [2.75, 3.05) is 6.54 Å². The molecule has 1 nitrogen and oxygen atoms in total. The van der Waals surface area contributed by atoms with E-state index in [0.717, 1.165) is 18.4 Å². The number of hydrogen-bond donors (Lipinski definition) is 1. The van der Waals surface area contributed by atoms with Crippen molar-refractivity contribution in [1.82, 2.24) is 5.32 Å². The molecule has 2 rings (SSSR count). The average Bonchev–Trinajstić information content (AvgIpc) is 2.43. The van der Waals surface area contributed by atoms with E-state index in [9.17, 15) is 4.39 Å². The molecule has 0 aliphatic heterocycles. The second kappa shape index (κ2) is 7.25. The molecule has 0 heterocycles. The Hall–Kier alpha value is -0.600. The highest BCUT2D eigenvalue weighted by Crippen LogP contribution is 2.30. The third-order valence-corrected chi connectivity index (χ3v) is 4.69. The van der Waals surface area contributed by atoms with Crippen LogP contribution in [0.5, 0.6) is 0 Å². The van der Waals surface area contributed by atoms with Crippen molar-refractivity contribution in [3.8, 4) is 0 Å². The van der Waals surface area contributed by atoms with Crippen molar-refractivity contribution in [2.45, 2.75) is 45.6 Å². The maximum Gasteiger partial charge on any atom is 0.129 e. The summed E-state index contributed by atoms with van der Waals surface area (Å²) in [5.41, 5.74) is 0.589. The predicted octanol–water partition coefficient (Wildman–Crippen LogP) is 4.79. The van der Waals surface area contributed by atoms with Gasteiger partial charge in [-0.15, -0.1) is 0 Å². The summed E-state index contributed by atoms with van der Waals surface area (Å²) in [7, 11) is 0. The molecule has 0 spiro atoms. The monoisotopic (exact) mass is 283 g/mol. The average molecular weight is 284 g/mol. The Bertz CT molecular complexity index is 379. The molecular formula is C16H23ClFN. The summed E-state index contributed by atoms with van der Waals surface area (Å²) < 4.78 is 13.6. The Morgan fingerprint density at radius 1 is 1.21 bits per heavy atom.